The van der Waals surface area contributed by atoms with Crippen LogP contribution in [0.2, 0.25) is 0 Å². The number of rotatable bonds is 0. The van der Waals surface area contributed by atoms with Gasteiger partial charge in [0.2, 0.25) is 0 Å². The lowest BCUT2D eigenvalue weighted by atomic mass is 10.00. The second-order valence-corrected chi connectivity index (χ2v) is 6.65. The molecule has 2 atom stereocenters. The van der Waals surface area contributed by atoms with Crippen molar-refractivity contribution in [3.05, 3.63) is 20.1 Å². The van der Waals surface area contributed by atoms with Crippen molar-refractivity contribution in [2.24, 2.45) is 0 Å². The van der Waals surface area contributed by atoms with Gasteiger partial charge in [0.15, 0.2) is 0 Å². The molecule has 0 saturated heterocycles. The molecule has 0 bridgehead atoms. The summed E-state index contributed by atoms with van der Waals surface area (Å²) in [6.07, 6.45) is 0. The Bertz CT molecular complexity index is 306. The zero-order chi connectivity index (χ0) is 11.3. The van der Waals surface area contributed by atoms with Crippen LogP contribution in [0, 0.1) is 0 Å². The summed E-state index contributed by atoms with van der Waals surface area (Å²) in [5.74, 6) is 0. The van der Waals surface area contributed by atoms with Crippen LogP contribution in [0.25, 0.3) is 0 Å². The summed E-state index contributed by atoms with van der Waals surface area (Å²) in [5, 5.41) is 0.360. The topological polar surface area (TPSA) is 0 Å². The lowest BCUT2D eigenvalue weighted by Gasteiger charge is -2.39. The molecule has 1 rings (SSSR count). The second-order valence-electron chi connectivity index (χ2n) is 2.88. The van der Waals surface area contributed by atoms with Crippen molar-refractivity contribution >= 4 is 82.2 Å². The van der Waals surface area contributed by atoms with Gasteiger partial charge in [0, 0.05) is 0 Å². The minimum atomic E-state index is -1.37. The van der Waals surface area contributed by atoms with Crippen LogP contribution in [-0.2, 0) is 0 Å². The first-order chi connectivity index (χ1) is 6.14. The van der Waals surface area contributed by atoms with E-state index in [1.807, 2.05) is 0 Å². The van der Waals surface area contributed by atoms with Crippen molar-refractivity contribution in [2.45, 2.75) is 16.0 Å². The van der Waals surface area contributed by atoms with Gasteiger partial charge in [-0.3, -0.25) is 0 Å². The van der Waals surface area contributed by atoms with Gasteiger partial charge in [0.1, 0.15) is 9.08 Å². The van der Waals surface area contributed by atoms with Crippen LogP contribution >= 0.6 is 82.2 Å². The summed E-state index contributed by atoms with van der Waals surface area (Å²) in [7, 11) is 0. The van der Waals surface area contributed by atoms with Gasteiger partial charge < -0.3 is 0 Å². The highest BCUT2D eigenvalue weighted by atomic mass is 35.5. The highest BCUT2D eigenvalue weighted by molar-refractivity contribution is 7.84. The van der Waals surface area contributed by atoms with Gasteiger partial charge in [-0.15, -0.1) is 24.2 Å². The van der Waals surface area contributed by atoms with Gasteiger partial charge >= 0.3 is 0 Å². The first-order valence-corrected chi connectivity index (χ1v) is 6.07. The Morgan fingerprint density at radius 2 is 1.29 bits per heavy atom. The Morgan fingerprint density at radius 1 is 0.929 bits per heavy atom. The Hall–Kier alpha value is 1.57. The largest absolute Gasteiger partial charge is 0.149 e. The lowest BCUT2D eigenvalue weighted by molar-refractivity contribution is 0.724. The summed E-state index contributed by atoms with van der Waals surface area (Å²) in [6, 6.07) is 0. The molecular formula is C7H4Cl6S. The van der Waals surface area contributed by atoms with Crippen molar-refractivity contribution in [1.29, 1.82) is 0 Å². The summed E-state index contributed by atoms with van der Waals surface area (Å²) < 4.78 is -1.37. The Balaban J connectivity index is 3.48. The van der Waals surface area contributed by atoms with E-state index in [9.17, 15) is 0 Å². The van der Waals surface area contributed by atoms with Gasteiger partial charge in [0.25, 0.3) is 0 Å². The molecule has 0 heterocycles. The van der Waals surface area contributed by atoms with Crippen LogP contribution in [0.4, 0.5) is 0 Å². The SMILES string of the molecule is CC1(Cl)C(Cl)=C(Cl)C(Cl)=C(Cl)C1(S)Cl. The quantitative estimate of drug-likeness (QED) is 0.455. The molecule has 0 aromatic rings. The summed E-state index contributed by atoms with van der Waals surface area (Å²) in [6.45, 7) is 1.56. The number of hydrogen-bond acceptors (Lipinski definition) is 1. The van der Waals surface area contributed by atoms with E-state index in [0.717, 1.165) is 0 Å². The van der Waals surface area contributed by atoms with Crippen LogP contribution in [0.5, 0.6) is 0 Å². The molecule has 0 aromatic heterocycles. The third kappa shape index (κ3) is 1.79. The number of alkyl halides is 2. The van der Waals surface area contributed by atoms with E-state index in [0.29, 0.717) is 0 Å². The van der Waals surface area contributed by atoms with E-state index in [1.165, 1.54) is 0 Å². The lowest BCUT2D eigenvalue weighted by Crippen LogP contribution is -2.42. The van der Waals surface area contributed by atoms with Crippen molar-refractivity contribution < 1.29 is 0 Å². The zero-order valence-electron chi connectivity index (χ0n) is 6.72. The monoisotopic (exact) mass is 330 g/mol. The van der Waals surface area contributed by atoms with Crippen LogP contribution in [0.15, 0.2) is 20.1 Å². The third-order valence-electron chi connectivity index (χ3n) is 1.90. The summed E-state index contributed by atoms with van der Waals surface area (Å²) in [5.41, 5.74) is 0. The minimum Gasteiger partial charge on any atom is -0.149 e. The van der Waals surface area contributed by atoms with E-state index in [4.69, 9.17) is 69.6 Å². The van der Waals surface area contributed by atoms with Crippen molar-refractivity contribution in [3.8, 4) is 0 Å². The molecule has 0 spiro atoms. The highest BCUT2D eigenvalue weighted by Gasteiger charge is 2.53. The van der Waals surface area contributed by atoms with Crippen molar-refractivity contribution in [1.82, 2.24) is 0 Å². The molecule has 0 nitrogen and oxygen atoms in total. The molecule has 0 N–H and O–H groups in total. The standard InChI is InChI=1S/C7H4Cl6S/c1-6(12)4(10)2(8)3(9)5(11)7(6,13)14/h14H,1H3. The molecule has 0 amide bonds. The van der Waals surface area contributed by atoms with E-state index in [2.05, 4.69) is 12.6 Å². The fourth-order valence-corrected chi connectivity index (χ4v) is 2.96. The first-order valence-electron chi connectivity index (χ1n) is 3.36. The first kappa shape index (κ1) is 13.6. The molecule has 0 aliphatic heterocycles. The maximum absolute atomic E-state index is 6.11. The number of thiol groups is 1. The van der Waals surface area contributed by atoms with Gasteiger partial charge in [-0.1, -0.05) is 58.0 Å². The predicted molar refractivity (Wildman–Crippen MR) is 69.3 cm³/mol. The fraction of sp³-hybridized carbons (Fsp3) is 0.429. The van der Waals surface area contributed by atoms with Gasteiger partial charge in [0.05, 0.1) is 20.1 Å². The molecule has 1 aliphatic rings. The number of allylic oxidation sites excluding steroid dienone is 3. The van der Waals surface area contributed by atoms with Crippen LogP contribution in [-0.4, -0.2) is 9.08 Å². The average Bonchev–Trinajstić information content (AvgIpc) is 2.10. The Kier molecular flexibility index (Phi) is 4.00. The summed E-state index contributed by atoms with van der Waals surface area (Å²) >= 11 is 39.7. The molecule has 1 aliphatic carbocycles. The molecule has 0 saturated carbocycles. The Labute approximate surface area is 118 Å². The van der Waals surface area contributed by atoms with Crippen molar-refractivity contribution in [3.63, 3.8) is 0 Å². The van der Waals surface area contributed by atoms with E-state index < -0.39 is 9.08 Å². The third-order valence-corrected chi connectivity index (χ3v) is 6.25. The molecule has 2 unspecified atom stereocenters. The minimum absolute atomic E-state index is 0.0658. The maximum Gasteiger partial charge on any atom is 0.148 e. The molecular weight excluding hydrogens is 329 g/mol. The van der Waals surface area contributed by atoms with E-state index in [-0.39, 0.29) is 20.1 Å². The number of halogens is 6. The second kappa shape index (κ2) is 4.10. The normalized spacial score (nSPS) is 39.4. The van der Waals surface area contributed by atoms with Crippen LogP contribution < -0.4 is 0 Å². The van der Waals surface area contributed by atoms with Gasteiger partial charge in [-0.2, -0.15) is 0 Å². The fourth-order valence-electron chi connectivity index (χ4n) is 0.896. The molecule has 14 heavy (non-hydrogen) atoms. The highest BCUT2D eigenvalue weighted by Crippen LogP contribution is 2.57. The average molecular weight is 333 g/mol. The molecule has 0 aromatic carbocycles. The smallest absolute Gasteiger partial charge is 0.148 e. The molecule has 7 heteroatoms. The maximum atomic E-state index is 6.11. The summed E-state index contributed by atoms with van der Waals surface area (Å²) in [4.78, 5) is -1.20. The van der Waals surface area contributed by atoms with Crippen LogP contribution in [0.1, 0.15) is 6.92 Å². The van der Waals surface area contributed by atoms with Crippen molar-refractivity contribution in [2.75, 3.05) is 0 Å². The molecule has 0 radical (unpaired) electrons. The van der Waals surface area contributed by atoms with Gasteiger partial charge in [-0.25, -0.2) is 0 Å². The Morgan fingerprint density at radius 3 is 1.71 bits per heavy atom. The van der Waals surface area contributed by atoms with E-state index in [1.54, 1.807) is 6.92 Å². The zero-order valence-corrected chi connectivity index (χ0v) is 12.1. The van der Waals surface area contributed by atoms with E-state index >= 15 is 0 Å². The number of hydrogen-bond donors (Lipinski definition) is 1. The molecule has 0 fully saturated rings. The molecule has 80 valence electrons. The van der Waals surface area contributed by atoms with Crippen LogP contribution in [0.3, 0.4) is 0 Å². The predicted octanol–water partition coefficient (Wildman–Crippen LogP) is 5.24. The van der Waals surface area contributed by atoms with Gasteiger partial charge in [-0.05, 0) is 6.92 Å².